The van der Waals surface area contributed by atoms with E-state index in [-0.39, 0.29) is 11.9 Å². The van der Waals surface area contributed by atoms with Gasteiger partial charge in [-0.15, -0.1) is 0 Å². The van der Waals surface area contributed by atoms with E-state index in [0.29, 0.717) is 19.4 Å². The molecule has 1 aliphatic rings. The lowest BCUT2D eigenvalue weighted by Gasteiger charge is -2.35. The van der Waals surface area contributed by atoms with Crippen LogP contribution >= 0.6 is 0 Å². The number of carboxylic acid groups (broad SMARTS) is 1. The van der Waals surface area contributed by atoms with Crippen LogP contribution in [0.2, 0.25) is 0 Å². The number of fused-ring (bicyclic) bond motifs is 1. The Kier molecular flexibility index (Phi) is 4.96. The Labute approximate surface area is 125 Å². The summed E-state index contributed by atoms with van der Waals surface area (Å²) in [7, 11) is 0. The molecule has 1 amide bonds. The molecule has 2 unspecified atom stereocenters. The fourth-order valence-corrected chi connectivity index (χ4v) is 2.81. The summed E-state index contributed by atoms with van der Waals surface area (Å²) in [6.45, 7) is 5.09. The van der Waals surface area contributed by atoms with E-state index in [1.54, 1.807) is 0 Å². The third-order valence-electron chi connectivity index (χ3n) is 3.89. The second-order valence-corrected chi connectivity index (χ2v) is 5.51. The van der Waals surface area contributed by atoms with Crippen molar-refractivity contribution in [3.05, 3.63) is 35.4 Å². The van der Waals surface area contributed by atoms with Gasteiger partial charge in [0.1, 0.15) is 6.04 Å². The predicted octanol–water partition coefficient (Wildman–Crippen LogP) is 1.41. The van der Waals surface area contributed by atoms with Crippen molar-refractivity contribution in [2.45, 2.75) is 45.3 Å². The number of benzene rings is 1. The summed E-state index contributed by atoms with van der Waals surface area (Å²) in [4.78, 5) is 25.4. The predicted molar refractivity (Wildman–Crippen MR) is 79.9 cm³/mol. The Balaban J connectivity index is 2.16. The van der Waals surface area contributed by atoms with Crippen LogP contribution in [0.25, 0.3) is 0 Å². The molecule has 2 N–H and O–H groups in total. The summed E-state index contributed by atoms with van der Waals surface area (Å²) in [6.07, 6.45) is 0.701. The molecule has 0 aromatic heterocycles. The van der Waals surface area contributed by atoms with Crippen LogP contribution in [0, 0.1) is 0 Å². The third-order valence-corrected chi connectivity index (χ3v) is 3.89. The zero-order valence-corrected chi connectivity index (χ0v) is 12.5. The SMILES string of the molecule is CCNC(C)CC(=O)N1Cc2ccccc2CC1C(=O)O. The highest BCUT2D eigenvalue weighted by molar-refractivity contribution is 5.84. The van der Waals surface area contributed by atoms with Crippen LogP contribution in [0.15, 0.2) is 24.3 Å². The highest BCUT2D eigenvalue weighted by Crippen LogP contribution is 2.24. The van der Waals surface area contributed by atoms with Gasteiger partial charge in [-0.2, -0.15) is 0 Å². The van der Waals surface area contributed by atoms with Crippen LogP contribution in [0.4, 0.5) is 0 Å². The molecule has 0 saturated heterocycles. The number of hydrogen-bond acceptors (Lipinski definition) is 3. The number of hydrogen-bond donors (Lipinski definition) is 2. The number of carbonyl (C=O) groups excluding carboxylic acids is 1. The Bertz CT molecular complexity index is 530. The second kappa shape index (κ2) is 6.72. The van der Waals surface area contributed by atoms with Gasteiger partial charge in [0.25, 0.3) is 0 Å². The molecular weight excluding hydrogens is 268 g/mol. The summed E-state index contributed by atoms with van der Waals surface area (Å²) < 4.78 is 0. The molecule has 0 bridgehead atoms. The lowest BCUT2D eigenvalue weighted by atomic mass is 9.93. The maximum absolute atomic E-state index is 12.4. The molecule has 0 radical (unpaired) electrons. The van der Waals surface area contributed by atoms with Gasteiger partial charge in [0.05, 0.1) is 0 Å². The summed E-state index contributed by atoms with van der Waals surface area (Å²) >= 11 is 0. The van der Waals surface area contributed by atoms with Crippen molar-refractivity contribution in [3.63, 3.8) is 0 Å². The van der Waals surface area contributed by atoms with Crippen LogP contribution < -0.4 is 5.32 Å². The number of carboxylic acids is 1. The van der Waals surface area contributed by atoms with Gasteiger partial charge in [-0.3, -0.25) is 4.79 Å². The molecule has 0 saturated carbocycles. The average molecular weight is 290 g/mol. The maximum atomic E-state index is 12.4. The van der Waals surface area contributed by atoms with E-state index in [0.717, 1.165) is 17.7 Å². The van der Waals surface area contributed by atoms with Crippen molar-refractivity contribution in [1.29, 1.82) is 0 Å². The van der Waals surface area contributed by atoms with Gasteiger partial charge in [-0.1, -0.05) is 31.2 Å². The molecule has 21 heavy (non-hydrogen) atoms. The fraction of sp³-hybridized carbons (Fsp3) is 0.500. The topological polar surface area (TPSA) is 69.6 Å². The molecule has 114 valence electrons. The normalized spacial score (nSPS) is 19.0. The summed E-state index contributed by atoms with van der Waals surface area (Å²) in [5.74, 6) is -1.04. The number of carbonyl (C=O) groups is 2. The number of nitrogens with one attached hydrogen (secondary N) is 1. The Morgan fingerprint density at radius 3 is 2.67 bits per heavy atom. The molecule has 5 heteroatoms. The minimum atomic E-state index is -0.936. The molecule has 5 nitrogen and oxygen atoms in total. The van der Waals surface area contributed by atoms with Gasteiger partial charge in [0.2, 0.25) is 5.91 Å². The van der Waals surface area contributed by atoms with Crippen LogP contribution in [0.3, 0.4) is 0 Å². The lowest BCUT2D eigenvalue weighted by Crippen LogP contribution is -2.49. The Morgan fingerprint density at radius 2 is 2.05 bits per heavy atom. The van der Waals surface area contributed by atoms with Crippen molar-refractivity contribution >= 4 is 11.9 Å². The highest BCUT2D eigenvalue weighted by Gasteiger charge is 2.34. The van der Waals surface area contributed by atoms with E-state index in [1.807, 2.05) is 38.1 Å². The standard InChI is InChI=1S/C16H22N2O3/c1-3-17-11(2)8-15(19)18-10-13-7-5-4-6-12(13)9-14(18)16(20)21/h4-7,11,14,17H,3,8-10H2,1-2H3,(H,20,21). The number of rotatable bonds is 5. The number of amides is 1. The minimum Gasteiger partial charge on any atom is -0.480 e. The second-order valence-electron chi connectivity index (χ2n) is 5.51. The zero-order valence-electron chi connectivity index (χ0n) is 12.5. The van der Waals surface area contributed by atoms with Gasteiger partial charge in [0.15, 0.2) is 0 Å². The van der Waals surface area contributed by atoms with Gasteiger partial charge < -0.3 is 15.3 Å². The van der Waals surface area contributed by atoms with Crippen LogP contribution in [0.1, 0.15) is 31.4 Å². The molecule has 1 aromatic carbocycles. The van der Waals surface area contributed by atoms with E-state index in [4.69, 9.17) is 0 Å². The Morgan fingerprint density at radius 1 is 1.38 bits per heavy atom. The molecule has 0 spiro atoms. The quantitative estimate of drug-likeness (QED) is 0.860. The maximum Gasteiger partial charge on any atom is 0.326 e. The molecule has 1 heterocycles. The molecule has 2 rings (SSSR count). The first-order chi connectivity index (χ1) is 10.0. The highest BCUT2D eigenvalue weighted by atomic mass is 16.4. The first kappa shape index (κ1) is 15.5. The zero-order chi connectivity index (χ0) is 15.4. The van der Waals surface area contributed by atoms with E-state index in [2.05, 4.69) is 5.32 Å². The van der Waals surface area contributed by atoms with Crippen molar-refractivity contribution in [2.75, 3.05) is 6.54 Å². The summed E-state index contributed by atoms with van der Waals surface area (Å²) in [5.41, 5.74) is 2.06. The van der Waals surface area contributed by atoms with Crippen LogP contribution in [-0.2, 0) is 22.6 Å². The van der Waals surface area contributed by atoms with Crippen LogP contribution in [-0.4, -0.2) is 40.5 Å². The first-order valence-corrected chi connectivity index (χ1v) is 7.35. The summed E-state index contributed by atoms with van der Waals surface area (Å²) in [6, 6.07) is 7.01. The van der Waals surface area contributed by atoms with E-state index >= 15 is 0 Å². The monoisotopic (exact) mass is 290 g/mol. The fourth-order valence-electron chi connectivity index (χ4n) is 2.81. The van der Waals surface area contributed by atoms with Gasteiger partial charge in [-0.05, 0) is 24.6 Å². The molecule has 1 aromatic rings. The lowest BCUT2D eigenvalue weighted by molar-refractivity contribution is -0.151. The Hall–Kier alpha value is -1.88. The van der Waals surface area contributed by atoms with Crippen molar-refractivity contribution in [2.24, 2.45) is 0 Å². The van der Waals surface area contributed by atoms with Gasteiger partial charge in [0, 0.05) is 25.4 Å². The summed E-state index contributed by atoms with van der Waals surface area (Å²) in [5, 5.41) is 12.6. The first-order valence-electron chi connectivity index (χ1n) is 7.35. The molecule has 1 aliphatic heterocycles. The largest absolute Gasteiger partial charge is 0.480 e. The van der Waals surface area contributed by atoms with E-state index in [1.165, 1.54) is 4.90 Å². The van der Waals surface area contributed by atoms with Crippen molar-refractivity contribution in [1.82, 2.24) is 10.2 Å². The van der Waals surface area contributed by atoms with Crippen molar-refractivity contribution in [3.8, 4) is 0 Å². The van der Waals surface area contributed by atoms with Gasteiger partial charge >= 0.3 is 5.97 Å². The van der Waals surface area contributed by atoms with Gasteiger partial charge in [-0.25, -0.2) is 4.79 Å². The molecular formula is C16H22N2O3. The minimum absolute atomic E-state index is 0.0501. The van der Waals surface area contributed by atoms with E-state index < -0.39 is 12.0 Å². The molecule has 2 atom stereocenters. The van der Waals surface area contributed by atoms with Crippen LogP contribution in [0.5, 0.6) is 0 Å². The number of aliphatic carboxylic acids is 1. The van der Waals surface area contributed by atoms with E-state index in [9.17, 15) is 14.7 Å². The molecule has 0 fully saturated rings. The van der Waals surface area contributed by atoms with Crippen molar-refractivity contribution < 1.29 is 14.7 Å². The average Bonchev–Trinajstić information content (AvgIpc) is 2.45. The number of nitrogens with zero attached hydrogens (tertiary/aromatic N) is 1. The third kappa shape index (κ3) is 3.61. The smallest absolute Gasteiger partial charge is 0.326 e. The molecule has 0 aliphatic carbocycles.